The van der Waals surface area contributed by atoms with Crippen LogP contribution in [0, 0.1) is 0 Å². The summed E-state index contributed by atoms with van der Waals surface area (Å²) in [4.78, 5) is 75.2. The van der Waals surface area contributed by atoms with E-state index in [-0.39, 0.29) is 81.6 Å². The van der Waals surface area contributed by atoms with Crippen LogP contribution in [-0.4, -0.2) is 91.6 Å². The number of furan rings is 1. The molecule has 16 rings (SSSR count). The van der Waals surface area contributed by atoms with Crippen LogP contribution in [0.1, 0.15) is 63.5 Å². The van der Waals surface area contributed by atoms with Gasteiger partial charge < -0.3 is 35.1 Å². The number of benzene rings is 7. The van der Waals surface area contributed by atoms with Crippen molar-refractivity contribution in [3.63, 3.8) is 0 Å². The van der Waals surface area contributed by atoms with E-state index in [9.17, 15) is 52.8 Å². The quantitative estimate of drug-likeness (QED) is 0.0473. The largest absolute Gasteiger partial charge is 0.449 e. The Morgan fingerprint density at radius 3 is 1.37 bits per heavy atom. The Bertz CT molecular complexity index is 5740. The first kappa shape index (κ1) is 76.7. The van der Waals surface area contributed by atoms with Crippen LogP contribution in [0.2, 0.25) is 0 Å². The molecular weight excluding hydrogens is 1520 g/mol. The molecule has 560 valence electrons. The van der Waals surface area contributed by atoms with Gasteiger partial charge in [0, 0.05) is 73.8 Å². The number of hydrogen-bond acceptors (Lipinski definition) is 19. The highest BCUT2D eigenvalue weighted by Crippen LogP contribution is 2.28. The molecule has 0 unspecified atom stereocenters. The lowest BCUT2D eigenvalue weighted by Crippen LogP contribution is -2.23. The van der Waals surface area contributed by atoms with Crippen LogP contribution < -0.4 is 21.3 Å². The molecule has 0 spiro atoms. The molecule has 0 aliphatic heterocycles. The van der Waals surface area contributed by atoms with Crippen molar-refractivity contribution in [1.29, 1.82) is 0 Å². The maximum atomic E-state index is 12.6. The van der Waals surface area contributed by atoms with Crippen LogP contribution in [0.5, 0.6) is 0 Å². The summed E-state index contributed by atoms with van der Waals surface area (Å²) in [5.74, 6) is -0.851. The molecule has 5 N–H and O–H groups in total. The molecule has 0 aliphatic carbocycles. The average molecular weight is 1580 g/mol. The molecule has 16 aromatic rings. The van der Waals surface area contributed by atoms with Crippen molar-refractivity contribution in [3.05, 3.63) is 361 Å². The lowest BCUT2D eigenvalue weighted by molar-refractivity contribution is 0.0921. The van der Waals surface area contributed by atoms with Gasteiger partial charge in [0.2, 0.25) is 39.3 Å². The first-order valence-electron chi connectivity index (χ1n) is 34.2. The van der Waals surface area contributed by atoms with Crippen LogP contribution in [0.3, 0.4) is 0 Å². The molecule has 0 saturated carbocycles. The molecule has 0 bridgehead atoms. The molecule has 7 aromatic carbocycles. The maximum absolute atomic E-state index is 12.6. The number of fused-ring (bicyclic) bond motifs is 4. The van der Waals surface area contributed by atoms with Crippen LogP contribution in [0.25, 0.3) is 37.7 Å². The number of imidazole rings is 1. The van der Waals surface area contributed by atoms with Crippen molar-refractivity contribution in [1.82, 2.24) is 55.6 Å². The summed E-state index contributed by atoms with van der Waals surface area (Å²) < 4.78 is 109. The molecule has 24 nitrogen and oxygen atoms in total. The van der Waals surface area contributed by atoms with Crippen LogP contribution in [0.15, 0.2) is 360 Å². The van der Waals surface area contributed by atoms with Crippen molar-refractivity contribution >= 4 is 112 Å². The predicted molar refractivity (Wildman–Crippen MR) is 421 cm³/mol. The van der Waals surface area contributed by atoms with Crippen LogP contribution in [0.4, 0.5) is 0 Å². The summed E-state index contributed by atoms with van der Waals surface area (Å²) in [5, 5.41) is 12.1. The van der Waals surface area contributed by atoms with Crippen LogP contribution >= 0.6 is 11.3 Å². The molecule has 0 fully saturated rings. The molecule has 0 atom stereocenters. The van der Waals surface area contributed by atoms with E-state index in [0.29, 0.717) is 46.0 Å². The van der Waals surface area contributed by atoms with Crippen molar-refractivity contribution in [3.8, 4) is 0 Å². The van der Waals surface area contributed by atoms with Gasteiger partial charge in [-0.15, -0.1) is 11.3 Å². The Morgan fingerprint density at radius 2 is 0.866 bits per heavy atom. The molecule has 112 heavy (non-hydrogen) atoms. The number of rotatable bonds is 20. The number of carbonyl (C=O) groups excluding carboxylic acids is 4. The van der Waals surface area contributed by atoms with Crippen molar-refractivity contribution in [2.45, 2.75) is 65.3 Å². The number of aromatic nitrogens is 7. The summed E-state index contributed by atoms with van der Waals surface area (Å²) in [6.07, 6.45) is 13.0. The Hall–Kier alpha value is -13.5. The number of thiophene rings is 1. The van der Waals surface area contributed by atoms with Crippen LogP contribution in [-0.2, 0) is 65.5 Å². The zero-order valence-electron chi connectivity index (χ0n) is 58.9. The number of sulfone groups is 4. The van der Waals surface area contributed by atoms with E-state index in [1.807, 2.05) is 18.2 Å². The Labute approximate surface area is 646 Å². The van der Waals surface area contributed by atoms with Gasteiger partial charge in [-0.1, -0.05) is 109 Å². The van der Waals surface area contributed by atoms with E-state index in [0.717, 1.165) is 43.3 Å². The monoisotopic (exact) mass is 1580 g/mol. The fourth-order valence-corrected chi connectivity index (χ4v) is 17.2. The third-order valence-corrected chi connectivity index (χ3v) is 25.4. The van der Waals surface area contributed by atoms with Gasteiger partial charge in [0.15, 0.2) is 11.3 Å². The van der Waals surface area contributed by atoms with Gasteiger partial charge in [-0.25, -0.2) is 38.7 Å². The number of hydrogen-bond donors (Lipinski definition) is 5. The Kier molecular flexibility index (Phi) is 23.6. The van der Waals surface area contributed by atoms with Crippen molar-refractivity contribution in [2.24, 2.45) is 0 Å². The molecule has 9 aromatic heterocycles. The average Bonchev–Trinajstić information content (AvgIpc) is 1.48. The Morgan fingerprint density at radius 1 is 0.393 bits per heavy atom. The third-order valence-electron chi connectivity index (χ3n) is 17.2. The van der Waals surface area contributed by atoms with Gasteiger partial charge in [0.25, 0.3) is 23.6 Å². The zero-order valence-corrected chi connectivity index (χ0v) is 63.0. The molecule has 9 heterocycles. The van der Waals surface area contributed by atoms with E-state index in [4.69, 9.17) is 4.42 Å². The third kappa shape index (κ3) is 18.5. The first-order valence-corrected chi connectivity index (χ1v) is 41.0. The van der Waals surface area contributed by atoms with Gasteiger partial charge in [0.1, 0.15) is 11.2 Å². The highest BCUT2D eigenvalue weighted by molar-refractivity contribution is 7.92. The van der Waals surface area contributed by atoms with E-state index >= 15 is 0 Å². The fraction of sp³-hybridized carbons (Fsp3) is 0.0482. The smallest absolute Gasteiger partial charge is 0.287 e. The minimum absolute atomic E-state index is 0.108. The van der Waals surface area contributed by atoms with Crippen molar-refractivity contribution in [2.75, 3.05) is 0 Å². The summed E-state index contributed by atoms with van der Waals surface area (Å²) in [6.45, 7) is 1.03. The number of pyridine rings is 5. The lowest BCUT2D eigenvalue weighted by atomic mass is 10.2. The molecule has 0 saturated heterocycles. The molecular formula is C83H65N11O13S5. The van der Waals surface area contributed by atoms with E-state index in [1.165, 1.54) is 35.7 Å². The second kappa shape index (κ2) is 34.4. The zero-order chi connectivity index (χ0) is 78.2. The van der Waals surface area contributed by atoms with Gasteiger partial charge >= 0.3 is 0 Å². The number of nitrogens with one attached hydrogen (secondary N) is 5. The summed E-state index contributed by atoms with van der Waals surface area (Å²) in [6, 6.07) is 73.3. The first-order chi connectivity index (χ1) is 54.1. The number of aromatic amines is 1. The summed E-state index contributed by atoms with van der Waals surface area (Å²) in [5.41, 5.74) is 7.59. The summed E-state index contributed by atoms with van der Waals surface area (Å²) in [7, 11) is -14.2. The minimum atomic E-state index is -3.61. The lowest BCUT2D eigenvalue weighted by Gasteiger charge is -2.08. The Balaban J connectivity index is 0.000000131. The predicted octanol–water partition coefficient (Wildman–Crippen LogP) is 13.5. The van der Waals surface area contributed by atoms with Crippen molar-refractivity contribution < 1.29 is 57.3 Å². The molecule has 0 aliphatic rings. The van der Waals surface area contributed by atoms with E-state index < -0.39 is 39.3 Å². The van der Waals surface area contributed by atoms with Gasteiger partial charge in [0.05, 0.1) is 90.1 Å². The highest BCUT2D eigenvalue weighted by Gasteiger charge is 2.23. The van der Waals surface area contributed by atoms with Gasteiger partial charge in [-0.3, -0.25) is 39.1 Å². The standard InChI is InChI=1S/C21H17N3O3S.C21H16N2O4S.C21H16N2O3S2.C20H16N4O3S/c25-21(17-8-9-18-13-22-15-24(18)14-17)23-12-16-6-10-20(11-7-16)28(26,27)19-4-2-1-3-5-19;2*24-21(20-13-18-19(27-20)7-4-12-22-18)23-14-15-8-10-17(11-9-15)28(25,26)16-5-2-1-3-6-16;25-20(19-10-14-11-21-9-8-18(14)24-19)23-12-15-6-7-17(13-22-15)28(26,27)16-4-2-1-3-5-16/h1-11,13-15H,12H2,(H,23,25);2*1-13H,14H2,(H,23,24);1-11,13,24H,12H2,(H,23,25). The second-order valence-corrected chi connectivity index (χ2v) is 33.6. The number of carbonyl (C=O) groups is 4. The van der Waals surface area contributed by atoms with Gasteiger partial charge in [-0.05, 0) is 168 Å². The van der Waals surface area contributed by atoms with E-state index in [1.54, 1.807) is 278 Å². The maximum Gasteiger partial charge on any atom is 0.287 e. The fourth-order valence-electron chi connectivity index (χ4n) is 11.2. The number of amides is 4. The normalized spacial score (nSPS) is 11.4. The number of H-pyrrole nitrogens is 1. The van der Waals surface area contributed by atoms with E-state index in [2.05, 4.69) is 51.2 Å². The molecule has 29 heteroatoms. The topological polar surface area (TPSA) is 351 Å². The number of nitrogens with zero attached hydrogens (tertiary/aromatic N) is 6. The SMILES string of the molecule is O=C(NCc1ccc(S(=O)(=O)c2ccccc2)cc1)c1cc2ncccc2o1.O=C(NCc1ccc(S(=O)(=O)c2ccccc2)cc1)c1cc2ncccc2s1.O=C(NCc1ccc(S(=O)(=O)c2ccccc2)cc1)c1ccc2cncn2c1.O=C(NCc1ccc(S(=O)(=O)c2ccccc2)cn1)c1cc2cnccc2[nH]1. The molecule has 4 amide bonds. The summed E-state index contributed by atoms with van der Waals surface area (Å²) >= 11 is 1.39. The molecule has 0 radical (unpaired) electrons. The highest BCUT2D eigenvalue weighted by atomic mass is 32.2. The van der Waals surface area contributed by atoms with Gasteiger partial charge in [-0.2, -0.15) is 0 Å². The second-order valence-electron chi connectivity index (χ2n) is 24.7. The minimum Gasteiger partial charge on any atom is -0.449 e.